The van der Waals surface area contributed by atoms with Crippen LogP contribution in [0.1, 0.15) is 27.7 Å². The second-order valence-electron chi connectivity index (χ2n) is 4.94. The zero-order chi connectivity index (χ0) is 14.3. The Hall–Kier alpha value is -1.85. The topological polar surface area (TPSA) is 64.5 Å². The minimum absolute atomic E-state index is 0.308. The number of carbonyl (C=O) groups excluding carboxylic acids is 1. The van der Waals surface area contributed by atoms with Crippen molar-refractivity contribution < 1.29 is 14.3 Å². The largest absolute Gasteiger partial charge is 0.462 e. The van der Waals surface area contributed by atoms with E-state index in [1.165, 1.54) is 0 Å². The van der Waals surface area contributed by atoms with Crippen LogP contribution < -0.4 is 4.74 Å². The zero-order valence-corrected chi connectivity index (χ0v) is 11.9. The van der Waals surface area contributed by atoms with Crippen LogP contribution in [0.25, 0.3) is 0 Å². The number of carbonyl (C=O) groups is 1. The van der Waals surface area contributed by atoms with E-state index in [2.05, 4.69) is 9.97 Å². The molecule has 1 heterocycles. The first-order valence-electron chi connectivity index (χ1n) is 6.30. The summed E-state index contributed by atoms with van der Waals surface area (Å²) in [6, 6.07) is 2.02. The Labute approximate surface area is 113 Å². The molecule has 19 heavy (non-hydrogen) atoms. The first kappa shape index (κ1) is 15.2. The maximum atomic E-state index is 11.8. The van der Waals surface area contributed by atoms with Gasteiger partial charge in [-0.3, -0.25) is 0 Å². The molecule has 0 bridgehead atoms. The van der Waals surface area contributed by atoms with Gasteiger partial charge in [-0.05, 0) is 33.8 Å². The monoisotopic (exact) mass is 267 g/mol. The van der Waals surface area contributed by atoms with Gasteiger partial charge in [0.05, 0.1) is 6.54 Å². The lowest BCUT2D eigenvalue weighted by atomic mass is 10.2. The fourth-order valence-corrected chi connectivity index (χ4v) is 1.31. The van der Waals surface area contributed by atoms with Gasteiger partial charge >= 0.3 is 12.1 Å². The highest BCUT2D eigenvalue weighted by molar-refractivity contribution is 5.68. The third-order valence-electron chi connectivity index (χ3n) is 2.17. The highest BCUT2D eigenvalue weighted by Crippen LogP contribution is 2.09. The van der Waals surface area contributed by atoms with E-state index in [0.29, 0.717) is 25.7 Å². The highest BCUT2D eigenvalue weighted by atomic mass is 16.6. The van der Waals surface area contributed by atoms with Crippen molar-refractivity contribution >= 4 is 6.09 Å². The number of aromatic nitrogens is 2. The molecule has 106 valence electrons. The third-order valence-corrected chi connectivity index (χ3v) is 2.17. The summed E-state index contributed by atoms with van der Waals surface area (Å²) in [6.45, 7) is 8.74. The number of amides is 1. The lowest BCUT2D eigenvalue weighted by Crippen LogP contribution is -2.39. The van der Waals surface area contributed by atoms with Crippen LogP contribution in [0.15, 0.2) is 18.5 Å². The molecule has 0 unspecified atom stereocenters. The molecule has 0 fully saturated rings. The Kier molecular flexibility index (Phi) is 5.54. The van der Waals surface area contributed by atoms with Gasteiger partial charge in [-0.25, -0.2) is 14.8 Å². The van der Waals surface area contributed by atoms with E-state index in [1.807, 2.05) is 27.7 Å². The van der Waals surface area contributed by atoms with Gasteiger partial charge in [-0.15, -0.1) is 0 Å². The van der Waals surface area contributed by atoms with Crippen LogP contribution in [0.5, 0.6) is 6.01 Å². The molecule has 1 aromatic heterocycles. The van der Waals surface area contributed by atoms with Crippen LogP contribution in [0.2, 0.25) is 0 Å². The lowest BCUT2D eigenvalue weighted by Gasteiger charge is -2.26. The molecule has 1 aromatic rings. The van der Waals surface area contributed by atoms with Crippen LogP contribution in [0.3, 0.4) is 0 Å². The number of hydrogen-bond donors (Lipinski definition) is 0. The summed E-state index contributed by atoms with van der Waals surface area (Å²) in [4.78, 5) is 21.3. The quantitative estimate of drug-likeness (QED) is 0.817. The van der Waals surface area contributed by atoms with Gasteiger partial charge in [-0.1, -0.05) is 0 Å². The van der Waals surface area contributed by atoms with Crippen molar-refractivity contribution in [2.45, 2.75) is 33.3 Å². The summed E-state index contributed by atoms with van der Waals surface area (Å²) in [7, 11) is 0. The molecule has 0 radical (unpaired) electrons. The first-order chi connectivity index (χ1) is 8.92. The number of rotatable bonds is 5. The number of hydrogen-bond acceptors (Lipinski definition) is 5. The van der Waals surface area contributed by atoms with Gasteiger partial charge in [0, 0.05) is 18.9 Å². The van der Waals surface area contributed by atoms with E-state index in [9.17, 15) is 4.79 Å². The van der Waals surface area contributed by atoms with E-state index in [0.717, 1.165) is 0 Å². The van der Waals surface area contributed by atoms with Crippen molar-refractivity contribution in [2.75, 3.05) is 19.7 Å². The van der Waals surface area contributed by atoms with Crippen LogP contribution in [0.4, 0.5) is 4.79 Å². The molecule has 0 aliphatic rings. The SMILES string of the molecule is CCN(CCOc1ncccn1)C(=O)OC(C)(C)C. The second kappa shape index (κ2) is 6.92. The minimum atomic E-state index is -0.492. The van der Waals surface area contributed by atoms with Crippen molar-refractivity contribution in [1.82, 2.24) is 14.9 Å². The molecule has 6 nitrogen and oxygen atoms in total. The smallest absolute Gasteiger partial charge is 0.410 e. The summed E-state index contributed by atoms with van der Waals surface area (Å²) in [5.41, 5.74) is -0.492. The van der Waals surface area contributed by atoms with E-state index < -0.39 is 5.60 Å². The Morgan fingerprint density at radius 3 is 2.47 bits per heavy atom. The van der Waals surface area contributed by atoms with Crippen molar-refractivity contribution in [3.05, 3.63) is 18.5 Å². The van der Waals surface area contributed by atoms with Gasteiger partial charge in [0.2, 0.25) is 0 Å². The van der Waals surface area contributed by atoms with Crippen molar-refractivity contribution in [3.63, 3.8) is 0 Å². The average molecular weight is 267 g/mol. The molecular weight excluding hydrogens is 246 g/mol. The van der Waals surface area contributed by atoms with Gasteiger partial charge in [0.25, 0.3) is 0 Å². The molecule has 0 aliphatic heterocycles. The number of nitrogens with zero attached hydrogens (tertiary/aromatic N) is 3. The molecule has 0 spiro atoms. The summed E-state index contributed by atoms with van der Waals surface area (Å²) in [6.07, 6.45) is 2.87. The Balaban J connectivity index is 2.38. The molecule has 1 amide bonds. The van der Waals surface area contributed by atoms with E-state index >= 15 is 0 Å². The summed E-state index contributed by atoms with van der Waals surface area (Å²) in [5.74, 6) is 0. The molecule has 0 aliphatic carbocycles. The summed E-state index contributed by atoms with van der Waals surface area (Å²) in [5, 5.41) is 0. The zero-order valence-electron chi connectivity index (χ0n) is 11.9. The molecule has 0 N–H and O–H groups in total. The highest BCUT2D eigenvalue weighted by Gasteiger charge is 2.20. The molecule has 0 saturated carbocycles. The standard InChI is InChI=1S/C13H21N3O3/c1-5-16(12(17)19-13(2,3)4)9-10-18-11-14-7-6-8-15-11/h6-8H,5,9-10H2,1-4H3. The molecule has 1 rings (SSSR count). The Morgan fingerprint density at radius 2 is 1.95 bits per heavy atom. The van der Waals surface area contributed by atoms with Crippen LogP contribution in [-0.4, -0.2) is 46.3 Å². The number of likely N-dealkylation sites (N-methyl/N-ethyl adjacent to an activating group) is 1. The maximum absolute atomic E-state index is 11.8. The molecular formula is C13H21N3O3. The Morgan fingerprint density at radius 1 is 1.32 bits per heavy atom. The van der Waals surface area contributed by atoms with Crippen LogP contribution >= 0.6 is 0 Å². The minimum Gasteiger partial charge on any atom is -0.462 e. The maximum Gasteiger partial charge on any atom is 0.410 e. The normalized spacial score (nSPS) is 10.9. The fourth-order valence-electron chi connectivity index (χ4n) is 1.31. The van der Waals surface area contributed by atoms with Crippen molar-refractivity contribution in [3.8, 4) is 6.01 Å². The van der Waals surface area contributed by atoms with Gasteiger partial charge < -0.3 is 14.4 Å². The average Bonchev–Trinajstić information content (AvgIpc) is 2.33. The van der Waals surface area contributed by atoms with E-state index in [4.69, 9.17) is 9.47 Å². The van der Waals surface area contributed by atoms with Gasteiger partial charge in [0.15, 0.2) is 0 Å². The Bertz CT molecular complexity index is 390. The second-order valence-corrected chi connectivity index (χ2v) is 4.94. The first-order valence-corrected chi connectivity index (χ1v) is 6.30. The molecule has 6 heteroatoms. The third kappa shape index (κ3) is 6.03. The molecule has 0 saturated heterocycles. The lowest BCUT2D eigenvalue weighted by molar-refractivity contribution is 0.0235. The summed E-state index contributed by atoms with van der Waals surface area (Å²) < 4.78 is 10.6. The summed E-state index contributed by atoms with van der Waals surface area (Å²) >= 11 is 0. The van der Waals surface area contributed by atoms with Crippen LogP contribution in [-0.2, 0) is 4.74 Å². The molecule has 0 atom stereocenters. The van der Waals surface area contributed by atoms with Gasteiger partial charge in [0.1, 0.15) is 12.2 Å². The van der Waals surface area contributed by atoms with Gasteiger partial charge in [-0.2, -0.15) is 0 Å². The van der Waals surface area contributed by atoms with Crippen molar-refractivity contribution in [2.24, 2.45) is 0 Å². The van der Waals surface area contributed by atoms with Crippen LogP contribution in [0, 0.1) is 0 Å². The van der Waals surface area contributed by atoms with E-state index in [-0.39, 0.29) is 6.09 Å². The fraction of sp³-hybridized carbons (Fsp3) is 0.615. The predicted octanol–water partition coefficient (Wildman–Crippen LogP) is 2.11. The molecule has 0 aromatic carbocycles. The number of ether oxygens (including phenoxy) is 2. The van der Waals surface area contributed by atoms with Crippen molar-refractivity contribution in [1.29, 1.82) is 0 Å². The van der Waals surface area contributed by atoms with E-state index in [1.54, 1.807) is 23.4 Å². The predicted molar refractivity (Wildman–Crippen MR) is 71.0 cm³/mol.